The zero-order chi connectivity index (χ0) is 12.4. The van der Waals surface area contributed by atoms with E-state index in [-0.39, 0.29) is 24.0 Å². The Morgan fingerprint density at radius 3 is 2.94 bits per heavy atom. The molecule has 0 radical (unpaired) electrons. The highest BCUT2D eigenvalue weighted by Gasteiger charge is 2.37. The molecule has 3 atom stereocenters. The third kappa shape index (κ3) is 2.59. The maximum absolute atomic E-state index is 11.9. The topological polar surface area (TPSA) is 54.4 Å². The van der Waals surface area contributed by atoms with Gasteiger partial charge in [-0.05, 0) is 43.6 Å². The summed E-state index contributed by atoms with van der Waals surface area (Å²) in [7, 11) is 0. The van der Waals surface area contributed by atoms with Gasteiger partial charge in [0, 0.05) is 12.3 Å². The Morgan fingerprint density at radius 1 is 1.47 bits per heavy atom. The molecule has 3 heteroatoms. The van der Waals surface area contributed by atoms with Crippen molar-refractivity contribution >= 4 is 11.8 Å². The standard InChI is InChI=1S/C14H20O3/c1-9-11(6-7-14(16)17)12-5-3-2-4-10(12)8-13(9)15/h8-9,11-12H,2-7H2,1H3,(H,16,17)/t9-,11+,12+/m0/s1. The molecule has 17 heavy (non-hydrogen) atoms. The highest BCUT2D eigenvalue weighted by atomic mass is 16.4. The first-order valence-corrected chi connectivity index (χ1v) is 6.55. The molecule has 2 aliphatic rings. The molecular weight excluding hydrogens is 216 g/mol. The van der Waals surface area contributed by atoms with E-state index in [9.17, 15) is 9.59 Å². The fraction of sp³-hybridized carbons (Fsp3) is 0.714. The van der Waals surface area contributed by atoms with Gasteiger partial charge in [0.15, 0.2) is 5.78 Å². The second-order valence-corrected chi connectivity index (χ2v) is 5.36. The van der Waals surface area contributed by atoms with Crippen molar-refractivity contribution in [1.29, 1.82) is 0 Å². The molecule has 0 amide bonds. The van der Waals surface area contributed by atoms with Crippen LogP contribution in [0, 0.1) is 17.8 Å². The summed E-state index contributed by atoms with van der Waals surface area (Å²) in [6.07, 6.45) is 7.23. The number of hydrogen-bond donors (Lipinski definition) is 1. The molecule has 1 N–H and O–H groups in total. The van der Waals surface area contributed by atoms with Gasteiger partial charge < -0.3 is 5.11 Å². The lowest BCUT2D eigenvalue weighted by molar-refractivity contribution is -0.138. The predicted molar refractivity (Wildman–Crippen MR) is 64.6 cm³/mol. The van der Waals surface area contributed by atoms with Gasteiger partial charge in [-0.2, -0.15) is 0 Å². The minimum Gasteiger partial charge on any atom is -0.481 e. The van der Waals surface area contributed by atoms with E-state index in [4.69, 9.17) is 5.11 Å². The Labute approximate surface area is 102 Å². The van der Waals surface area contributed by atoms with Gasteiger partial charge in [0.25, 0.3) is 0 Å². The SMILES string of the molecule is C[C@@H]1C(=O)C=C2CCCC[C@H]2[C@@H]1CCC(=O)O. The maximum Gasteiger partial charge on any atom is 0.303 e. The maximum atomic E-state index is 11.9. The minimum absolute atomic E-state index is 0.00111. The number of carbonyl (C=O) groups excluding carboxylic acids is 1. The van der Waals surface area contributed by atoms with E-state index >= 15 is 0 Å². The molecule has 1 saturated carbocycles. The van der Waals surface area contributed by atoms with Gasteiger partial charge in [-0.15, -0.1) is 0 Å². The molecule has 3 nitrogen and oxygen atoms in total. The van der Waals surface area contributed by atoms with E-state index in [0.717, 1.165) is 12.8 Å². The number of carbonyl (C=O) groups is 2. The average Bonchev–Trinajstić information content (AvgIpc) is 2.29. The molecule has 0 spiro atoms. The van der Waals surface area contributed by atoms with Gasteiger partial charge in [0.05, 0.1) is 0 Å². The van der Waals surface area contributed by atoms with Crippen molar-refractivity contribution in [3.05, 3.63) is 11.6 Å². The third-order valence-electron chi connectivity index (χ3n) is 4.33. The van der Waals surface area contributed by atoms with Crippen LogP contribution in [0.1, 0.15) is 45.4 Å². The number of aliphatic carboxylic acids is 1. The number of ketones is 1. The summed E-state index contributed by atoms with van der Waals surface area (Å²) in [6.45, 7) is 1.96. The summed E-state index contributed by atoms with van der Waals surface area (Å²) in [5, 5.41) is 8.79. The predicted octanol–water partition coefficient (Wildman–Crippen LogP) is 2.80. The molecule has 0 aromatic carbocycles. The monoisotopic (exact) mass is 236 g/mol. The summed E-state index contributed by atoms with van der Waals surface area (Å²) >= 11 is 0. The number of hydrogen-bond acceptors (Lipinski definition) is 2. The minimum atomic E-state index is -0.753. The number of rotatable bonds is 3. The number of carboxylic acids is 1. The third-order valence-corrected chi connectivity index (χ3v) is 4.33. The molecule has 94 valence electrons. The molecular formula is C14H20O3. The highest BCUT2D eigenvalue weighted by molar-refractivity contribution is 5.93. The molecule has 0 saturated heterocycles. The van der Waals surface area contributed by atoms with E-state index < -0.39 is 5.97 Å². The quantitative estimate of drug-likeness (QED) is 0.819. The van der Waals surface area contributed by atoms with Crippen LogP contribution in [0.3, 0.4) is 0 Å². The lowest BCUT2D eigenvalue weighted by atomic mass is 9.65. The average molecular weight is 236 g/mol. The van der Waals surface area contributed by atoms with Gasteiger partial charge in [0.2, 0.25) is 0 Å². The molecule has 0 bridgehead atoms. The van der Waals surface area contributed by atoms with Crippen LogP contribution in [0.2, 0.25) is 0 Å². The molecule has 0 aromatic heterocycles. The smallest absolute Gasteiger partial charge is 0.303 e. The van der Waals surface area contributed by atoms with Crippen LogP contribution in [-0.2, 0) is 9.59 Å². The van der Waals surface area contributed by atoms with E-state index in [2.05, 4.69) is 0 Å². The van der Waals surface area contributed by atoms with Gasteiger partial charge in [0.1, 0.15) is 0 Å². The van der Waals surface area contributed by atoms with E-state index in [1.54, 1.807) is 0 Å². The first-order valence-electron chi connectivity index (χ1n) is 6.55. The Kier molecular flexibility index (Phi) is 3.65. The molecule has 0 aliphatic heterocycles. The first-order chi connectivity index (χ1) is 8.09. The second-order valence-electron chi connectivity index (χ2n) is 5.36. The molecule has 0 heterocycles. The van der Waals surface area contributed by atoms with Crippen molar-refractivity contribution in [3.8, 4) is 0 Å². The number of allylic oxidation sites excluding steroid dienone is 2. The van der Waals surface area contributed by atoms with Crippen LogP contribution >= 0.6 is 0 Å². The molecule has 2 aliphatic carbocycles. The summed E-state index contributed by atoms with van der Waals surface area (Å²) in [5.41, 5.74) is 1.29. The first kappa shape index (κ1) is 12.3. The number of fused-ring (bicyclic) bond motifs is 1. The molecule has 1 fully saturated rings. The van der Waals surface area contributed by atoms with Crippen molar-refractivity contribution in [3.63, 3.8) is 0 Å². The summed E-state index contributed by atoms with van der Waals surface area (Å²) < 4.78 is 0. The highest BCUT2D eigenvalue weighted by Crippen LogP contribution is 2.43. The van der Waals surface area contributed by atoms with Crippen LogP contribution in [0.4, 0.5) is 0 Å². The Hall–Kier alpha value is -1.12. The fourth-order valence-corrected chi connectivity index (χ4v) is 3.35. The Bertz CT molecular complexity index is 356. The van der Waals surface area contributed by atoms with Crippen molar-refractivity contribution < 1.29 is 14.7 Å². The van der Waals surface area contributed by atoms with E-state index in [1.165, 1.54) is 18.4 Å². The van der Waals surface area contributed by atoms with Crippen LogP contribution in [0.15, 0.2) is 11.6 Å². The van der Waals surface area contributed by atoms with Crippen molar-refractivity contribution in [1.82, 2.24) is 0 Å². The van der Waals surface area contributed by atoms with Gasteiger partial charge in [-0.25, -0.2) is 0 Å². The van der Waals surface area contributed by atoms with E-state index in [1.807, 2.05) is 13.0 Å². The van der Waals surface area contributed by atoms with Gasteiger partial charge >= 0.3 is 5.97 Å². The molecule has 2 rings (SSSR count). The summed E-state index contributed by atoms with van der Waals surface area (Å²) in [5.74, 6) is 0.168. The largest absolute Gasteiger partial charge is 0.481 e. The zero-order valence-electron chi connectivity index (χ0n) is 10.3. The van der Waals surface area contributed by atoms with Crippen molar-refractivity contribution in [2.45, 2.75) is 45.4 Å². The van der Waals surface area contributed by atoms with Crippen molar-refractivity contribution in [2.75, 3.05) is 0 Å². The fourth-order valence-electron chi connectivity index (χ4n) is 3.35. The summed E-state index contributed by atoms with van der Waals surface area (Å²) in [6, 6.07) is 0. The Balaban J connectivity index is 2.14. The Morgan fingerprint density at radius 2 is 2.24 bits per heavy atom. The van der Waals surface area contributed by atoms with Gasteiger partial charge in [-0.3, -0.25) is 9.59 Å². The molecule has 0 unspecified atom stereocenters. The van der Waals surface area contributed by atoms with Crippen LogP contribution in [0.25, 0.3) is 0 Å². The number of carboxylic acid groups (broad SMARTS) is 1. The van der Waals surface area contributed by atoms with Crippen molar-refractivity contribution in [2.24, 2.45) is 17.8 Å². The molecule has 0 aromatic rings. The van der Waals surface area contributed by atoms with Crippen LogP contribution in [-0.4, -0.2) is 16.9 Å². The lowest BCUT2D eigenvalue weighted by Gasteiger charge is -2.38. The lowest BCUT2D eigenvalue weighted by Crippen LogP contribution is -2.34. The summed E-state index contributed by atoms with van der Waals surface area (Å²) in [4.78, 5) is 22.6. The normalized spacial score (nSPS) is 32.9. The zero-order valence-corrected chi connectivity index (χ0v) is 10.3. The van der Waals surface area contributed by atoms with Crippen LogP contribution in [0.5, 0.6) is 0 Å². The van der Waals surface area contributed by atoms with E-state index in [0.29, 0.717) is 12.3 Å². The van der Waals surface area contributed by atoms with Gasteiger partial charge in [-0.1, -0.05) is 18.9 Å². The van der Waals surface area contributed by atoms with Crippen LogP contribution < -0.4 is 0 Å². The second kappa shape index (κ2) is 5.03.